The number of hydrogen-bond acceptors (Lipinski definition) is 1. The third-order valence-corrected chi connectivity index (χ3v) is 7.13. The number of aryl methyl sites for hydroxylation is 1. The molecule has 0 heterocycles. The monoisotopic (exact) mass is 457 g/mol. The number of carbonyl (C=O) groups is 1. The molecule has 1 aliphatic carbocycles. The van der Waals surface area contributed by atoms with Crippen LogP contribution in [-0.2, 0) is 6.42 Å². The molecule has 0 fully saturated rings. The van der Waals surface area contributed by atoms with Crippen LogP contribution < -0.4 is 5.32 Å². The summed E-state index contributed by atoms with van der Waals surface area (Å²) < 4.78 is 0. The average Bonchev–Trinajstić information content (AvgIpc) is 2.99. The van der Waals surface area contributed by atoms with Gasteiger partial charge in [0.1, 0.15) is 0 Å². The molecule has 4 rings (SSSR count). The van der Waals surface area contributed by atoms with Crippen LogP contribution in [0.2, 0.25) is 5.02 Å². The molecule has 0 aromatic heterocycles. The molecular formula is C30H32ClNO. The van der Waals surface area contributed by atoms with Crippen LogP contribution >= 0.6 is 11.6 Å². The lowest BCUT2D eigenvalue weighted by atomic mass is 9.81. The maximum atomic E-state index is 13.0. The van der Waals surface area contributed by atoms with Gasteiger partial charge >= 0.3 is 0 Å². The van der Waals surface area contributed by atoms with Gasteiger partial charge in [-0.1, -0.05) is 86.1 Å². The first-order valence-electron chi connectivity index (χ1n) is 12.0. The van der Waals surface area contributed by atoms with Gasteiger partial charge in [-0.2, -0.15) is 0 Å². The second-order valence-corrected chi connectivity index (χ2v) is 9.48. The number of hydrogen-bond donors (Lipinski definition) is 1. The largest absolute Gasteiger partial charge is 0.345 e. The van der Waals surface area contributed by atoms with Crippen LogP contribution in [0.4, 0.5) is 0 Å². The molecule has 0 radical (unpaired) electrons. The molecule has 33 heavy (non-hydrogen) atoms. The Kier molecular flexibility index (Phi) is 7.67. The average molecular weight is 458 g/mol. The second-order valence-electron chi connectivity index (χ2n) is 9.04. The Hall–Kier alpha value is -2.84. The number of amides is 1. The van der Waals surface area contributed by atoms with Crippen molar-refractivity contribution in [1.29, 1.82) is 0 Å². The smallest absolute Gasteiger partial charge is 0.251 e. The van der Waals surface area contributed by atoms with E-state index < -0.39 is 0 Å². The predicted molar refractivity (Wildman–Crippen MR) is 139 cm³/mol. The third-order valence-electron chi connectivity index (χ3n) is 6.89. The van der Waals surface area contributed by atoms with E-state index in [0.717, 1.165) is 47.4 Å². The zero-order chi connectivity index (χ0) is 23.2. The van der Waals surface area contributed by atoms with Gasteiger partial charge in [-0.25, -0.2) is 0 Å². The normalized spacial score (nSPS) is 18.3. The van der Waals surface area contributed by atoms with Gasteiger partial charge < -0.3 is 5.32 Å². The maximum absolute atomic E-state index is 13.0. The van der Waals surface area contributed by atoms with E-state index in [9.17, 15) is 4.79 Å². The van der Waals surface area contributed by atoms with Gasteiger partial charge in [0.15, 0.2) is 0 Å². The Balaban J connectivity index is 1.46. The molecule has 0 bridgehead atoms. The predicted octanol–water partition coefficient (Wildman–Crippen LogP) is 7.99. The second kappa shape index (κ2) is 10.9. The molecule has 0 spiro atoms. The van der Waals surface area contributed by atoms with E-state index in [1.807, 2.05) is 36.4 Å². The first-order chi connectivity index (χ1) is 16.0. The number of rotatable bonds is 7. The van der Waals surface area contributed by atoms with Gasteiger partial charge in [0.2, 0.25) is 0 Å². The zero-order valence-corrected chi connectivity index (χ0v) is 20.2. The highest BCUT2D eigenvalue weighted by Gasteiger charge is 2.23. The zero-order valence-electron chi connectivity index (χ0n) is 19.4. The summed E-state index contributed by atoms with van der Waals surface area (Å²) >= 11 is 6.16. The van der Waals surface area contributed by atoms with Crippen molar-refractivity contribution in [2.45, 2.75) is 51.5 Å². The molecule has 170 valence electrons. The molecule has 3 atom stereocenters. The molecule has 3 heteroatoms. The van der Waals surface area contributed by atoms with Crippen molar-refractivity contribution in [1.82, 2.24) is 5.32 Å². The lowest BCUT2D eigenvalue weighted by Gasteiger charge is -2.24. The van der Waals surface area contributed by atoms with Crippen LogP contribution in [0.1, 0.15) is 77.7 Å². The Labute approximate surface area is 202 Å². The van der Waals surface area contributed by atoms with Crippen molar-refractivity contribution in [3.8, 4) is 0 Å². The fraction of sp³-hybridized carbons (Fsp3) is 0.300. The highest BCUT2D eigenvalue weighted by molar-refractivity contribution is 6.30. The molecular weight excluding hydrogens is 426 g/mol. The van der Waals surface area contributed by atoms with Crippen molar-refractivity contribution in [2.24, 2.45) is 5.92 Å². The minimum atomic E-state index is -0.0173. The number of halogens is 1. The van der Waals surface area contributed by atoms with E-state index in [1.165, 1.54) is 11.1 Å². The number of allylic oxidation sites excluding steroid dienone is 1. The SMILES string of the molecule is CCC(NC(=O)c1ccc2c(c1)C=CCC(CCc1cccc(Cl)c1)C2C)c1ccccc1. The van der Waals surface area contributed by atoms with Crippen LogP contribution in [0.3, 0.4) is 0 Å². The minimum Gasteiger partial charge on any atom is -0.345 e. The first kappa shape index (κ1) is 23.3. The van der Waals surface area contributed by atoms with E-state index in [0.29, 0.717) is 11.8 Å². The van der Waals surface area contributed by atoms with E-state index >= 15 is 0 Å². The van der Waals surface area contributed by atoms with E-state index in [2.05, 4.69) is 67.7 Å². The third kappa shape index (κ3) is 5.75. The van der Waals surface area contributed by atoms with Gasteiger partial charge in [-0.05, 0) is 84.0 Å². The molecule has 0 saturated heterocycles. The number of nitrogens with one attached hydrogen (secondary N) is 1. The van der Waals surface area contributed by atoms with Crippen molar-refractivity contribution in [3.63, 3.8) is 0 Å². The maximum Gasteiger partial charge on any atom is 0.251 e. The molecule has 1 N–H and O–H groups in total. The Bertz CT molecular complexity index is 1120. The Morgan fingerprint density at radius 1 is 1.06 bits per heavy atom. The van der Waals surface area contributed by atoms with Gasteiger partial charge in [0.25, 0.3) is 5.91 Å². The van der Waals surface area contributed by atoms with Crippen molar-refractivity contribution < 1.29 is 4.79 Å². The van der Waals surface area contributed by atoms with Crippen LogP contribution in [-0.4, -0.2) is 5.91 Å². The summed E-state index contributed by atoms with van der Waals surface area (Å²) in [4.78, 5) is 13.0. The summed E-state index contributed by atoms with van der Waals surface area (Å²) in [5.74, 6) is 0.971. The number of benzene rings is 3. The molecule has 1 aliphatic rings. The van der Waals surface area contributed by atoms with Crippen LogP contribution in [0, 0.1) is 5.92 Å². The van der Waals surface area contributed by atoms with E-state index in [1.54, 1.807) is 0 Å². The van der Waals surface area contributed by atoms with E-state index in [4.69, 9.17) is 11.6 Å². The minimum absolute atomic E-state index is 0.0165. The quantitative estimate of drug-likeness (QED) is 0.382. The van der Waals surface area contributed by atoms with E-state index in [-0.39, 0.29) is 11.9 Å². The van der Waals surface area contributed by atoms with Crippen LogP contribution in [0.5, 0.6) is 0 Å². The molecule has 0 saturated carbocycles. The topological polar surface area (TPSA) is 29.1 Å². The standard InChI is InChI=1S/C30H32ClNO/c1-3-29(24-10-5-4-6-11-24)32-30(33)26-17-18-28-21(2)23(12-8-13-25(28)20-26)16-15-22-9-7-14-27(31)19-22/h4-11,13-14,17-21,23,29H,3,12,15-16H2,1-2H3,(H,32,33). The fourth-order valence-corrected chi connectivity index (χ4v) is 5.08. The lowest BCUT2D eigenvalue weighted by molar-refractivity contribution is 0.0935. The molecule has 3 unspecified atom stereocenters. The van der Waals surface area contributed by atoms with Gasteiger partial charge in [-0.15, -0.1) is 0 Å². The summed E-state index contributed by atoms with van der Waals surface area (Å²) in [6.45, 7) is 4.42. The molecule has 3 aromatic rings. The molecule has 2 nitrogen and oxygen atoms in total. The highest BCUT2D eigenvalue weighted by atomic mass is 35.5. The van der Waals surface area contributed by atoms with Crippen molar-refractivity contribution in [3.05, 3.63) is 112 Å². The number of carbonyl (C=O) groups excluding carboxylic acids is 1. The summed E-state index contributed by atoms with van der Waals surface area (Å²) in [6.07, 6.45) is 8.50. The van der Waals surface area contributed by atoms with Gasteiger partial charge in [0.05, 0.1) is 6.04 Å². The van der Waals surface area contributed by atoms with Crippen molar-refractivity contribution in [2.75, 3.05) is 0 Å². The molecule has 3 aromatic carbocycles. The number of fused-ring (bicyclic) bond motifs is 1. The highest BCUT2D eigenvalue weighted by Crippen LogP contribution is 2.36. The Morgan fingerprint density at radius 2 is 1.88 bits per heavy atom. The summed E-state index contributed by atoms with van der Waals surface area (Å²) in [7, 11) is 0. The lowest BCUT2D eigenvalue weighted by Crippen LogP contribution is -2.28. The summed E-state index contributed by atoms with van der Waals surface area (Å²) in [6, 6.07) is 24.5. The van der Waals surface area contributed by atoms with Gasteiger partial charge in [-0.3, -0.25) is 4.79 Å². The summed E-state index contributed by atoms with van der Waals surface area (Å²) in [5.41, 5.74) is 5.63. The van der Waals surface area contributed by atoms with Crippen LogP contribution in [0.25, 0.3) is 6.08 Å². The van der Waals surface area contributed by atoms with Gasteiger partial charge in [0, 0.05) is 10.6 Å². The molecule has 0 aliphatic heterocycles. The fourth-order valence-electron chi connectivity index (χ4n) is 4.86. The van der Waals surface area contributed by atoms with Crippen molar-refractivity contribution >= 4 is 23.6 Å². The molecule has 1 amide bonds. The first-order valence-corrected chi connectivity index (χ1v) is 12.3. The van der Waals surface area contributed by atoms with Crippen LogP contribution in [0.15, 0.2) is 78.9 Å². The Morgan fingerprint density at radius 3 is 2.64 bits per heavy atom. The summed E-state index contributed by atoms with van der Waals surface area (Å²) in [5, 5.41) is 4.01.